The molecule has 0 unspecified atom stereocenters. The van der Waals surface area contributed by atoms with Gasteiger partial charge < -0.3 is 4.74 Å². The van der Waals surface area contributed by atoms with Gasteiger partial charge in [-0.15, -0.1) is 0 Å². The molecular weight excluding hydrogens is 248 g/mol. The van der Waals surface area contributed by atoms with Crippen LogP contribution in [-0.4, -0.2) is 12.6 Å². The van der Waals surface area contributed by atoms with Crippen molar-refractivity contribution in [3.63, 3.8) is 0 Å². The minimum Gasteiger partial charge on any atom is -0.458 e. The van der Waals surface area contributed by atoms with Gasteiger partial charge in [-0.05, 0) is 25.0 Å². The van der Waals surface area contributed by atoms with E-state index in [-0.39, 0.29) is 5.97 Å². The Kier molecular flexibility index (Phi) is 9.29. The van der Waals surface area contributed by atoms with Crippen molar-refractivity contribution >= 4 is 5.97 Å². The summed E-state index contributed by atoms with van der Waals surface area (Å²) in [5.74, 6) is -0.255. The van der Waals surface area contributed by atoms with Gasteiger partial charge in [-0.2, -0.15) is 0 Å². The summed E-state index contributed by atoms with van der Waals surface area (Å²) in [7, 11) is 0. The number of carbonyl (C=O) groups is 1. The fraction of sp³-hybridized carbons (Fsp3) is 0.500. The van der Waals surface area contributed by atoms with Gasteiger partial charge >= 0.3 is 5.97 Å². The molecule has 0 aliphatic rings. The maximum absolute atomic E-state index is 11.6. The molecule has 0 fully saturated rings. The van der Waals surface area contributed by atoms with Gasteiger partial charge in [0.2, 0.25) is 0 Å². The Hall–Kier alpha value is -1.57. The third kappa shape index (κ3) is 7.78. The number of hydrogen-bond acceptors (Lipinski definition) is 2. The summed E-state index contributed by atoms with van der Waals surface area (Å²) < 4.78 is 5.16. The van der Waals surface area contributed by atoms with E-state index < -0.39 is 0 Å². The lowest BCUT2D eigenvalue weighted by Gasteiger charge is -2.01. The van der Waals surface area contributed by atoms with Crippen LogP contribution in [0.1, 0.15) is 62.2 Å². The molecule has 110 valence electrons. The maximum atomic E-state index is 11.6. The van der Waals surface area contributed by atoms with Crippen molar-refractivity contribution in [3.8, 4) is 0 Å². The first-order chi connectivity index (χ1) is 9.84. The van der Waals surface area contributed by atoms with Gasteiger partial charge in [0.15, 0.2) is 0 Å². The molecule has 20 heavy (non-hydrogen) atoms. The molecule has 1 aromatic carbocycles. The first-order valence-corrected chi connectivity index (χ1v) is 7.71. The van der Waals surface area contributed by atoms with Crippen molar-refractivity contribution in [1.29, 1.82) is 0 Å². The molecule has 0 aliphatic heterocycles. The van der Waals surface area contributed by atoms with Crippen LogP contribution < -0.4 is 0 Å². The van der Waals surface area contributed by atoms with Crippen molar-refractivity contribution in [1.82, 2.24) is 0 Å². The number of esters is 1. The van der Waals surface area contributed by atoms with E-state index in [0.29, 0.717) is 12.2 Å². The van der Waals surface area contributed by atoms with Crippen LogP contribution in [-0.2, 0) is 4.74 Å². The van der Waals surface area contributed by atoms with Crippen molar-refractivity contribution < 1.29 is 9.53 Å². The van der Waals surface area contributed by atoms with Crippen LogP contribution >= 0.6 is 0 Å². The lowest BCUT2D eigenvalue weighted by Crippen LogP contribution is -2.04. The lowest BCUT2D eigenvalue weighted by atomic mass is 10.1. The van der Waals surface area contributed by atoms with Crippen molar-refractivity contribution in [2.24, 2.45) is 0 Å². The molecule has 1 rings (SSSR count). The van der Waals surface area contributed by atoms with Gasteiger partial charge in [-0.3, -0.25) is 0 Å². The second kappa shape index (κ2) is 11.3. The van der Waals surface area contributed by atoms with Gasteiger partial charge in [-0.25, -0.2) is 4.79 Å². The van der Waals surface area contributed by atoms with E-state index in [1.807, 2.05) is 24.3 Å². The van der Waals surface area contributed by atoms with Gasteiger partial charge in [-0.1, -0.05) is 69.4 Å². The van der Waals surface area contributed by atoms with E-state index in [9.17, 15) is 4.79 Å². The van der Waals surface area contributed by atoms with Crippen LogP contribution in [0.25, 0.3) is 0 Å². The van der Waals surface area contributed by atoms with Gasteiger partial charge in [0, 0.05) is 0 Å². The van der Waals surface area contributed by atoms with E-state index in [0.717, 1.165) is 6.42 Å². The zero-order valence-corrected chi connectivity index (χ0v) is 12.5. The van der Waals surface area contributed by atoms with Crippen LogP contribution in [0.4, 0.5) is 0 Å². The number of ether oxygens (including phenoxy) is 1. The van der Waals surface area contributed by atoms with Crippen LogP contribution in [0.15, 0.2) is 42.5 Å². The van der Waals surface area contributed by atoms with Gasteiger partial charge in [0.25, 0.3) is 0 Å². The third-order valence-electron chi connectivity index (χ3n) is 3.21. The SMILES string of the molecule is CCCCCCCC/C=C/COC(=O)c1ccccc1. The second-order valence-electron chi connectivity index (χ2n) is 4.99. The molecule has 0 bridgehead atoms. The largest absolute Gasteiger partial charge is 0.458 e. The molecule has 2 nitrogen and oxygen atoms in total. The Morgan fingerprint density at radius 1 is 1.00 bits per heavy atom. The second-order valence-corrected chi connectivity index (χ2v) is 4.99. The molecule has 0 N–H and O–H groups in total. The predicted molar refractivity (Wildman–Crippen MR) is 83.9 cm³/mol. The van der Waals surface area contributed by atoms with Crippen molar-refractivity contribution in [2.75, 3.05) is 6.61 Å². The van der Waals surface area contributed by atoms with Crippen LogP contribution in [0, 0.1) is 0 Å². The maximum Gasteiger partial charge on any atom is 0.338 e. The summed E-state index contributed by atoms with van der Waals surface area (Å²) in [6, 6.07) is 9.10. The highest BCUT2D eigenvalue weighted by molar-refractivity contribution is 5.89. The first-order valence-electron chi connectivity index (χ1n) is 7.71. The highest BCUT2D eigenvalue weighted by Gasteiger charge is 2.03. The number of rotatable bonds is 10. The zero-order chi connectivity index (χ0) is 14.5. The summed E-state index contributed by atoms with van der Waals surface area (Å²) in [5.41, 5.74) is 0.608. The molecule has 0 aromatic heterocycles. The monoisotopic (exact) mass is 274 g/mol. The molecule has 0 heterocycles. The molecule has 0 saturated heterocycles. The predicted octanol–water partition coefficient (Wildman–Crippen LogP) is 5.15. The fourth-order valence-electron chi connectivity index (χ4n) is 2.01. The average molecular weight is 274 g/mol. The number of allylic oxidation sites excluding steroid dienone is 1. The highest BCUT2D eigenvalue weighted by atomic mass is 16.5. The summed E-state index contributed by atoms with van der Waals surface area (Å²) in [5, 5.41) is 0. The average Bonchev–Trinajstić information content (AvgIpc) is 2.50. The Morgan fingerprint density at radius 3 is 2.45 bits per heavy atom. The van der Waals surface area contributed by atoms with Gasteiger partial charge in [0.1, 0.15) is 6.61 Å². The topological polar surface area (TPSA) is 26.3 Å². The lowest BCUT2D eigenvalue weighted by molar-refractivity contribution is 0.0549. The molecule has 0 spiro atoms. The minimum atomic E-state index is -0.255. The zero-order valence-electron chi connectivity index (χ0n) is 12.5. The Bertz CT molecular complexity index is 382. The van der Waals surface area contributed by atoms with Gasteiger partial charge in [0.05, 0.1) is 5.56 Å². The molecule has 0 aliphatic carbocycles. The number of unbranched alkanes of at least 4 members (excludes halogenated alkanes) is 6. The molecule has 0 atom stereocenters. The molecule has 2 heteroatoms. The van der Waals surface area contributed by atoms with Crippen LogP contribution in [0.5, 0.6) is 0 Å². The van der Waals surface area contributed by atoms with E-state index in [1.165, 1.54) is 38.5 Å². The summed E-state index contributed by atoms with van der Waals surface area (Å²) in [6.07, 6.45) is 13.0. The van der Waals surface area contributed by atoms with Crippen molar-refractivity contribution in [3.05, 3.63) is 48.0 Å². The highest BCUT2D eigenvalue weighted by Crippen LogP contribution is 2.07. The van der Waals surface area contributed by atoms with Crippen molar-refractivity contribution in [2.45, 2.75) is 51.9 Å². The standard InChI is InChI=1S/C18H26O2/c1-2-3-4-5-6-7-8-9-13-16-20-18(19)17-14-11-10-12-15-17/h9-15H,2-8,16H2,1H3/b13-9+. The summed E-state index contributed by atoms with van der Waals surface area (Å²) in [6.45, 7) is 2.60. The Morgan fingerprint density at radius 2 is 1.70 bits per heavy atom. The molecule has 0 radical (unpaired) electrons. The van der Waals surface area contributed by atoms with E-state index in [2.05, 4.69) is 13.0 Å². The fourth-order valence-corrected chi connectivity index (χ4v) is 2.01. The first kappa shape index (κ1) is 16.5. The van der Waals surface area contributed by atoms with E-state index >= 15 is 0 Å². The number of hydrogen-bond donors (Lipinski definition) is 0. The molecular formula is C18H26O2. The summed E-state index contributed by atoms with van der Waals surface area (Å²) >= 11 is 0. The third-order valence-corrected chi connectivity index (χ3v) is 3.21. The normalized spacial score (nSPS) is 10.8. The molecule has 1 aromatic rings. The van der Waals surface area contributed by atoms with E-state index in [4.69, 9.17) is 4.74 Å². The minimum absolute atomic E-state index is 0.255. The van der Waals surface area contributed by atoms with Crippen LogP contribution in [0.3, 0.4) is 0 Å². The molecule has 0 amide bonds. The van der Waals surface area contributed by atoms with Crippen LogP contribution in [0.2, 0.25) is 0 Å². The molecule has 0 saturated carbocycles. The Labute approximate surface area is 122 Å². The number of carbonyl (C=O) groups excluding carboxylic acids is 1. The quantitative estimate of drug-likeness (QED) is 0.335. The summed E-state index contributed by atoms with van der Waals surface area (Å²) in [4.78, 5) is 11.6. The Balaban J connectivity index is 2.01. The number of benzene rings is 1. The van der Waals surface area contributed by atoms with E-state index in [1.54, 1.807) is 12.1 Å². The smallest absolute Gasteiger partial charge is 0.338 e.